The number of aliphatic hydroxyl groups is 1. The molecule has 4 heterocycles. The third-order valence-electron chi connectivity index (χ3n) is 10.5. The number of methoxy groups -OCH3 is 1. The van der Waals surface area contributed by atoms with Crippen LogP contribution in [-0.2, 0) is 26.9 Å². The topological polar surface area (TPSA) is 170 Å². The molecular formula is C40H46N6O7S. The highest BCUT2D eigenvalue weighted by molar-refractivity contribution is 7.92. The minimum Gasteiger partial charge on any atom is -0.475 e. The first-order valence-electron chi connectivity index (χ1n) is 18.0. The fourth-order valence-corrected chi connectivity index (χ4v) is 8.18. The van der Waals surface area contributed by atoms with Crippen molar-refractivity contribution in [2.75, 3.05) is 18.4 Å². The third kappa shape index (κ3) is 7.82. The average Bonchev–Trinajstić information content (AvgIpc) is 3.67. The molecule has 13 nitrogen and oxygen atoms in total. The van der Waals surface area contributed by atoms with E-state index in [2.05, 4.69) is 26.6 Å². The van der Waals surface area contributed by atoms with E-state index in [1.807, 2.05) is 45.9 Å². The van der Waals surface area contributed by atoms with E-state index in [1.54, 1.807) is 49.4 Å². The quantitative estimate of drug-likeness (QED) is 0.164. The zero-order valence-electron chi connectivity index (χ0n) is 31.6. The van der Waals surface area contributed by atoms with Gasteiger partial charge in [-0.2, -0.15) is 4.98 Å². The number of aryl methyl sites for hydroxylation is 2. The van der Waals surface area contributed by atoms with E-state index in [-0.39, 0.29) is 53.0 Å². The Kier molecular flexibility index (Phi) is 9.51. The van der Waals surface area contributed by atoms with E-state index in [1.165, 1.54) is 12.1 Å². The lowest BCUT2D eigenvalue weighted by Gasteiger charge is -2.33. The third-order valence-corrected chi connectivity index (χ3v) is 11.8. The van der Waals surface area contributed by atoms with Crippen LogP contribution in [0.15, 0.2) is 70.1 Å². The molecule has 3 aromatic heterocycles. The van der Waals surface area contributed by atoms with Crippen molar-refractivity contribution in [3.8, 4) is 17.1 Å². The number of furan rings is 1. The van der Waals surface area contributed by atoms with Crippen molar-refractivity contribution in [3.05, 3.63) is 88.9 Å². The molecule has 2 atom stereocenters. The fraction of sp³-hybridized carbons (Fsp3) is 0.425. The Morgan fingerprint density at radius 2 is 1.76 bits per heavy atom. The Labute approximate surface area is 315 Å². The second kappa shape index (κ2) is 13.7. The smallest absolute Gasteiger partial charge is 0.264 e. The summed E-state index contributed by atoms with van der Waals surface area (Å²) in [6.07, 6.45) is 4.44. The van der Waals surface area contributed by atoms with Crippen molar-refractivity contribution in [1.29, 1.82) is 0 Å². The molecule has 2 aromatic carbocycles. The van der Waals surface area contributed by atoms with Gasteiger partial charge < -0.3 is 23.9 Å². The zero-order valence-corrected chi connectivity index (χ0v) is 32.5. The van der Waals surface area contributed by atoms with E-state index >= 15 is 0 Å². The van der Waals surface area contributed by atoms with E-state index in [4.69, 9.17) is 18.9 Å². The van der Waals surface area contributed by atoms with E-state index in [0.29, 0.717) is 29.1 Å². The number of hydrogen-bond donors (Lipinski definition) is 2. The first-order valence-corrected chi connectivity index (χ1v) is 19.5. The van der Waals surface area contributed by atoms with Gasteiger partial charge in [0, 0.05) is 36.8 Å². The Hall–Kier alpha value is -4.92. The van der Waals surface area contributed by atoms with Gasteiger partial charge in [0.05, 0.1) is 40.7 Å². The lowest BCUT2D eigenvalue weighted by Crippen LogP contribution is -2.44. The Morgan fingerprint density at radius 1 is 1.04 bits per heavy atom. The van der Waals surface area contributed by atoms with Crippen molar-refractivity contribution in [2.45, 2.75) is 95.9 Å². The van der Waals surface area contributed by atoms with Crippen molar-refractivity contribution >= 4 is 33.1 Å². The largest absolute Gasteiger partial charge is 0.475 e. The number of carbonyl (C=O) groups is 1. The first-order chi connectivity index (χ1) is 25.4. The highest BCUT2D eigenvalue weighted by Gasteiger charge is 2.42. The molecule has 1 unspecified atom stereocenters. The summed E-state index contributed by atoms with van der Waals surface area (Å²) in [4.78, 5) is 34.6. The SMILES string of the molecule is COC(C)(C)CC(C)(O)c1cc2nc(CN3C(=O)c4cccc(c4)S(=O)(=O)Nc4nc(cc(-c5c(C)cccc5C)n4)OC[C@H]3CC3(C)CC3)cnc2o1. The number of amides is 1. The molecule has 2 N–H and O–H groups in total. The van der Waals surface area contributed by atoms with Gasteiger partial charge in [0.25, 0.3) is 15.9 Å². The van der Waals surface area contributed by atoms with E-state index < -0.39 is 33.2 Å². The number of carbonyl (C=O) groups excluding carboxylic acids is 1. The molecule has 54 heavy (non-hydrogen) atoms. The first kappa shape index (κ1) is 37.4. The highest BCUT2D eigenvalue weighted by atomic mass is 32.2. The van der Waals surface area contributed by atoms with Crippen LogP contribution in [0.2, 0.25) is 0 Å². The number of ether oxygens (including phenoxy) is 2. The number of nitrogens with zero attached hydrogens (tertiary/aromatic N) is 5. The lowest BCUT2D eigenvalue weighted by atomic mass is 9.89. The van der Waals surface area contributed by atoms with Crippen LogP contribution in [0.1, 0.15) is 86.3 Å². The van der Waals surface area contributed by atoms with Crippen molar-refractivity contribution in [2.24, 2.45) is 5.41 Å². The molecule has 5 aromatic rings. The van der Waals surface area contributed by atoms with Gasteiger partial charge in [-0.25, -0.2) is 28.1 Å². The molecule has 4 bridgehead atoms. The highest BCUT2D eigenvalue weighted by Crippen LogP contribution is 2.50. The van der Waals surface area contributed by atoms with Crippen LogP contribution in [0, 0.1) is 19.3 Å². The number of rotatable bonds is 9. The van der Waals surface area contributed by atoms with E-state index in [9.17, 15) is 18.3 Å². The van der Waals surface area contributed by atoms with Gasteiger partial charge >= 0.3 is 0 Å². The average molecular weight is 755 g/mol. The molecule has 2 aliphatic rings. The van der Waals surface area contributed by atoms with Gasteiger partial charge in [0.2, 0.25) is 17.5 Å². The summed E-state index contributed by atoms with van der Waals surface area (Å²) >= 11 is 0. The second-order valence-electron chi connectivity index (χ2n) is 15.8. The summed E-state index contributed by atoms with van der Waals surface area (Å²) in [5.74, 6) is -0.0723. The maximum absolute atomic E-state index is 14.6. The number of aromatic nitrogens is 4. The molecule has 0 spiro atoms. The number of sulfonamides is 1. The molecule has 7 rings (SSSR count). The molecule has 0 radical (unpaired) electrons. The number of anilines is 1. The van der Waals surface area contributed by atoms with Crippen molar-refractivity contribution in [1.82, 2.24) is 24.8 Å². The van der Waals surface area contributed by atoms with Crippen LogP contribution >= 0.6 is 0 Å². The number of hydrogen-bond acceptors (Lipinski definition) is 11. The predicted molar refractivity (Wildman–Crippen MR) is 202 cm³/mol. The number of benzene rings is 2. The molecule has 1 aliphatic carbocycles. The Morgan fingerprint density at radius 3 is 2.46 bits per heavy atom. The molecule has 1 fully saturated rings. The van der Waals surface area contributed by atoms with Crippen LogP contribution < -0.4 is 9.46 Å². The summed E-state index contributed by atoms with van der Waals surface area (Å²) < 4.78 is 48.0. The number of fused-ring (bicyclic) bond motifs is 5. The van der Waals surface area contributed by atoms with Gasteiger partial charge in [0.1, 0.15) is 23.5 Å². The molecule has 1 aliphatic heterocycles. The van der Waals surface area contributed by atoms with Crippen LogP contribution in [0.5, 0.6) is 5.88 Å². The minimum absolute atomic E-state index is 0.00975. The predicted octanol–water partition coefficient (Wildman–Crippen LogP) is 6.71. The molecular weight excluding hydrogens is 709 g/mol. The molecule has 284 valence electrons. The van der Waals surface area contributed by atoms with Crippen molar-refractivity contribution in [3.63, 3.8) is 0 Å². The van der Waals surface area contributed by atoms with Gasteiger partial charge in [0.15, 0.2) is 0 Å². The summed E-state index contributed by atoms with van der Waals surface area (Å²) in [6.45, 7) is 11.6. The van der Waals surface area contributed by atoms with Crippen LogP contribution in [0.3, 0.4) is 0 Å². The van der Waals surface area contributed by atoms with Crippen LogP contribution in [0.4, 0.5) is 5.95 Å². The van der Waals surface area contributed by atoms with Gasteiger partial charge in [-0.15, -0.1) is 0 Å². The molecule has 1 amide bonds. The van der Waals surface area contributed by atoms with Gasteiger partial charge in [-0.3, -0.25) is 4.79 Å². The van der Waals surface area contributed by atoms with Crippen molar-refractivity contribution < 1.29 is 32.2 Å². The van der Waals surface area contributed by atoms with Gasteiger partial charge in [-0.05, 0) is 88.6 Å². The fourth-order valence-electron chi connectivity index (χ4n) is 7.19. The monoisotopic (exact) mass is 754 g/mol. The Bertz CT molecular complexity index is 2330. The molecule has 1 saturated carbocycles. The minimum atomic E-state index is -4.22. The van der Waals surface area contributed by atoms with Gasteiger partial charge in [-0.1, -0.05) is 31.2 Å². The Balaban J connectivity index is 1.30. The maximum Gasteiger partial charge on any atom is 0.264 e. The standard InChI is InChI=1S/C40H46N6O7S/c1-24-10-8-11-25(2)34(24)30-18-33-44-37(43-30)45-54(49,50)29-13-9-12-26(16-29)36(47)46(28(22-52-33)19-39(5)14-15-39)21-27-20-41-35-31(42-27)17-32(53-35)40(6,48)23-38(3,4)51-7/h8-13,16-18,20,28,48H,14-15,19,21-23H2,1-7H3,(H,43,44,45)/t28-,40?/m1/s1. The maximum atomic E-state index is 14.6. The van der Waals surface area contributed by atoms with E-state index in [0.717, 1.165) is 29.5 Å². The summed E-state index contributed by atoms with van der Waals surface area (Å²) in [7, 11) is -2.63. The zero-order chi connectivity index (χ0) is 38.6. The normalized spacial score (nSPS) is 19.1. The number of nitrogens with one attached hydrogen (secondary N) is 1. The summed E-state index contributed by atoms with van der Waals surface area (Å²) in [5, 5.41) is 11.3. The summed E-state index contributed by atoms with van der Waals surface area (Å²) in [5.41, 5.74) is 2.59. The van der Waals surface area contributed by atoms with Crippen LogP contribution in [0.25, 0.3) is 22.5 Å². The second-order valence-corrected chi connectivity index (χ2v) is 17.5. The molecule has 14 heteroatoms. The summed E-state index contributed by atoms with van der Waals surface area (Å²) in [6, 6.07) is 14.7. The molecule has 0 saturated heterocycles. The van der Waals surface area contributed by atoms with Crippen LogP contribution in [-0.4, -0.2) is 69.6 Å². The lowest BCUT2D eigenvalue weighted by molar-refractivity contribution is -0.0702.